The molecule has 4 nitrogen and oxygen atoms in total. The lowest BCUT2D eigenvalue weighted by molar-refractivity contribution is 0.100. The molecule has 0 bridgehead atoms. The molecule has 66 valence electrons. The minimum Gasteiger partial charge on any atom is -0.366 e. The van der Waals surface area contributed by atoms with Gasteiger partial charge in [-0.3, -0.25) is 15.5 Å². The fourth-order valence-electron chi connectivity index (χ4n) is 0.709. The lowest BCUT2D eigenvalue weighted by atomic mass is 10.2. The third-order valence-electron chi connectivity index (χ3n) is 1.30. The molecule has 0 spiro atoms. The van der Waals surface area contributed by atoms with E-state index in [4.69, 9.17) is 10.9 Å². The molecule has 0 aliphatic carbocycles. The van der Waals surface area contributed by atoms with E-state index in [1.165, 1.54) is 12.1 Å². The van der Waals surface area contributed by atoms with Gasteiger partial charge in [0, 0.05) is 5.56 Å². The topological polar surface area (TPSA) is 75.4 Å². The molecule has 0 atom stereocenters. The van der Waals surface area contributed by atoms with Gasteiger partial charge in [0.25, 0.3) is 0 Å². The van der Waals surface area contributed by atoms with Crippen molar-refractivity contribution in [3.63, 3.8) is 0 Å². The molecule has 5 heteroatoms. The molecule has 0 aliphatic heterocycles. The van der Waals surface area contributed by atoms with Gasteiger partial charge in [0.05, 0.1) is 5.69 Å². The molecular formula is C7H9ClN2O2. The lowest BCUT2D eigenvalue weighted by Gasteiger charge is -1.98. The zero-order valence-corrected chi connectivity index (χ0v) is 6.97. The average molecular weight is 189 g/mol. The Kier molecular flexibility index (Phi) is 4.10. The van der Waals surface area contributed by atoms with E-state index in [1.54, 1.807) is 12.1 Å². The number of anilines is 1. The standard InChI is InChI=1S/C7H8N2O2.ClH/c8-7(10)5-1-3-6(9-11)4-2-5;/h1-4,9,11H,(H2,8,10);1H. The first-order valence-electron chi connectivity index (χ1n) is 3.04. The number of amides is 1. The fraction of sp³-hybridized carbons (Fsp3) is 0. The van der Waals surface area contributed by atoms with E-state index >= 15 is 0 Å². The highest BCUT2D eigenvalue weighted by Crippen LogP contribution is 2.07. The predicted molar refractivity (Wildman–Crippen MR) is 47.6 cm³/mol. The summed E-state index contributed by atoms with van der Waals surface area (Å²) < 4.78 is 0. The Balaban J connectivity index is 0.00000121. The molecule has 1 amide bonds. The van der Waals surface area contributed by atoms with Crippen LogP contribution in [0, 0.1) is 0 Å². The second-order valence-corrected chi connectivity index (χ2v) is 2.05. The van der Waals surface area contributed by atoms with Gasteiger partial charge in [-0.15, -0.1) is 12.4 Å². The third-order valence-corrected chi connectivity index (χ3v) is 1.30. The van der Waals surface area contributed by atoms with Crippen molar-refractivity contribution in [1.29, 1.82) is 0 Å². The number of halogens is 1. The largest absolute Gasteiger partial charge is 0.366 e. The van der Waals surface area contributed by atoms with Crippen molar-refractivity contribution in [3.8, 4) is 0 Å². The monoisotopic (exact) mass is 188 g/mol. The highest BCUT2D eigenvalue weighted by atomic mass is 35.5. The molecule has 4 N–H and O–H groups in total. The highest BCUT2D eigenvalue weighted by Gasteiger charge is 1.97. The molecule has 1 aromatic rings. The molecule has 0 unspecified atom stereocenters. The van der Waals surface area contributed by atoms with Gasteiger partial charge in [-0.05, 0) is 24.3 Å². The van der Waals surface area contributed by atoms with Crippen molar-refractivity contribution in [2.24, 2.45) is 5.73 Å². The van der Waals surface area contributed by atoms with Crippen molar-refractivity contribution in [2.45, 2.75) is 0 Å². The van der Waals surface area contributed by atoms with Gasteiger partial charge in [0.15, 0.2) is 0 Å². The smallest absolute Gasteiger partial charge is 0.248 e. The van der Waals surface area contributed by atoms with Gasteiger partial charge < -0.3 is 5.73 Å². The number of primary amides is 1. The van der Waals surface area contributed by atoms with E-state index in [-0.39, 0.29) is 12.4 Å². The van der Waals surface area contributed by atoms with Crippen LogP contribution in [0.3, 0.4) is 0 Å². The molecule has 1 rings (SSSR count). The van der Waals surface area contributed by atoms with E-state index in [0.29, 0.717) is 11.3 Å². The number of rotatable bonds is 2. The number of nitrogens with two attached hydrogens (primary N) is 1. The van der Waals surface area contributed by atoms with Crippen LogP contribution in [0.5, 0.6) is 0 Å². The maximum atomic E-state index is 10.5. The summed E-state index contributed by atoms with van der Waals surface area (Å²) in [7, 11) is 0. The summed E-state index contributed by atoms with van der Waals surface area (Å²) in [6, 6.07) is 6.17. The van der Waals surface area contributed by atoms with Gasteiger partial charge in [-0.25, -0.2) is 0 Å². The summed E-state index contributed by atoms with van der Waals surface area (Å²) >= 11 is 0. The molecule has 0 heterocycles. The highest BCUT2D eigenvalue weighted by molar-refractivity contribution is 5.93. The maximum absolute atomic E-state index is 10.5. The Hall–Kier alpha value is -1.26. The molecule has 0 saturated heterocycles. The number of hydrogen-bond acceptors (Lipinski definition) is 3. The van der Waals surface area contributed by atoms with Crippen LogP contribution in [-0.4, -0.2) is 11.1 Å². The van der Waals surface area contributed by atoms with Crippen LogP contribution < -0.4 is 11.2 Å². The van der Waals surface area contributed by atoms with E-state index < -0.39 is 5.91 Å². The molecule has 1 aromatic carbocycles. The first-order chi connectivity index (χ1) is 5.24. The van der Waals surface area contributed by atoms with Crippen LogP contribution in [0.25, 0.3) is 0 Å². The molecule has 0 aromatic heterocycles. The van der Waals surface area contributed by atoms with Crippen LogP contribution >= 0.6 is 12.4 Å². The van der Waals surface area contributed by atoms with Crippen molar-refractivity contribution in [1.82, 2.24) is 0 Å². The van der Waals surface area contributed by atoms with Crippen LogP contribution in [0.15, 0.2) is 24.3 Å². The molecule has 0 aliphatic rings. The van der Waals surface area contributed by atoms with E-state index in [9.17, 15) is 4.79 Å². The SMILES string of the molecule is Cl.NC(=O)c1ccc(NO)cc1. The summed E-state index contributed by atoms with van der Waals surface area (Å²) in [6.45, 7) is 0. The maximum Gasteiger partial charge on any atom is 0.248 e. The van der Waals surface area contributed by atoms with Crippen molar-refractivity contribution >= 4 is 24.0 Å². The molecule has 12 heavy (non-hydrogen) atoms. The summed E-state index contributed by atoms with van der Waals surface area (Å²) in [4.78, 5) is 10.5. The Morgan fingerprint density at radius 2 is 1.83 bits per heavy atom. The first kappa shape index (κ1) is 10.7. The normalized spacial score (nSPS) is 8.42. The minimum absolute atomic E-state index is 0. The number of hydrogen-bond donors (Lipinski definition) is 3. The number of nitrogens with one attached hydrogen (secondary N) is 1. The zero-order valence-electron chi connectivity index (χ0n) is 6.15. The van der Waals surface area contributed by atoms with Gasteiger partial charge in [-0.1, -0.05) is 0 Å². The van der Waals surface area contributed by atoms with Crippen molar-refractivity contribution in [3.05, 3.63) is 29.8 Å². The van der Waals surface area contributed by atoms with Gasteiger partial charge >= 0.3 is 0 Å². The Morgan fingerprint density at radius 3 is 2.17 bits per heavy atom. The Morgan fingerprint density at radius 1 is 1.33 bits per heavy atom. The second-order valence-electron chi connectivity index (χ2n) is 2.05. The van der Waals surface area contributed by atoms with E-state index in [2.05, 4.69) is 0 Å². The number of carbonyl (C=O) groups excluding carboxylic acids is 1. The predicted octanol–water partition coefficient (Wildman–Crippen LogP) is 1.01. The molecule has 0 saturated carbocycles. The quantitative estimate of drug-likeness (QED) is 0.607. The van der Waals surface area contributed by atoms with Crippen molar-refractivity contribution < 1.29 is 10.0 Å². The molecule has 0 fully saturated rings. The summed E-state index contributed by atoms with van der Waals surface area (Å²) in [5.74, 6) is -0.477. The number of carbonyl (C=O) groups is 1. The Bertz CT molecular complexity index is 261. The van der Waals surface area contributed by atoms with Gasteiger partial charge in [-0.2, -0.15) is 0 Å². The summed E-state index contributed by atoms with van der Waals surface area (Å²) in [6.07, 6.45) is 0. The average Bonchev–Trinajstić information content (AvgIpc) is 2.05. The third kappa shape index (κ3) is 2.41. The Labute approximate surface area is 75.7 Å². The van der Waals surface area contributed by atoms with E-state index in [0.717, 1.165) is 0 Å². The zero-order chi connectivity index (χ0) is 8.27. The van der Waals surface area contributed by atoms with Crippen molar-refractivity contribution in [2.75, 3.05) is 5.48 Å². The van der Waals surface area contributed by atoms with Crippen LogP contribution in [0.2, 0.25) is 0 Å². The second kappa shape index (κ2) is 4.58. The molecular weight excluding hydrogens is 180 g/mol. The minimum atomic E-state index is -0.477. The molecule has 0 radical (unpaired) electrons. The first-order valence-corrected chi connectivity index (χ1v) is 3.04. The van der Waals surface area contributed by atoms with Crippen LogP contribution in [0.4, 0.5) is 5.69 Å². The number of benzene rings is 1. The summed E-state index contributed by atoms with van der Waals surface area (Å²) in [5.41, 5.74) is 7.87. The lowest BCUT2D eigenvalue weighted by Crippen LogP contribution is -2.10. The van der Waals surface area contributed by atoms with E-state index in [1.807, 2.05) is 5.48 Å². The fourth-order valence-corrected chi connectivity index (χ4v) is 0.709. The van der Waals surface area contributed by atoms with Crippen LogP contribution in [0.1, 0.15) is 10.4 Å². The van der Waals surface area contributed by atoms with Crippen LogP contribution in [-0.2, 0) is 0 Å². The van der Waals surface area contributed by atoms with Gasteiger partial charge in [0.2, 0.25) is 5.91 Å². The summed E-state index contributed by atoms with van der Waals surface area (Å²) in [5, 5.41) is 8.40. The van der Waals surface area contributed by atoms with Gasteiger partial charge in [0.1, 0.15) is 0 Å².